The minimum absolute atomic E-state index is 0.140. The standard InChI is InChI=1S/C6H9NO5/c1-12-7-4(6(10)11)2-3-5(8)9/h2-3H2,1H3,(H,8,9)(H,10,11). The number of aliphatic carboxylic acids is 2. The largest absolute Gasteiger partial charge is 0.481 e. The van der Waals surface area contributed by atoms with Crippen LogP contribution in [-0.4, -0.2) is 35.0 Å². The Hall–Kier alpha value is -1.59. The summed E-state index contributed by atoms with van der Waals surface area (Å²) >= 11 is 0. The minimum atomic E-state index is -1.27. The summed E-state index contributed by atoms with van der Waals surface area (Å²) in [7, 11) is 1.20. The number of carboxylic acids is 2. The molecule has 0 rings (SSSR count). The van der Waals surface area contributed by atoms with E-state index in [1.165, 1.54) is 7.11 Å². The first-order valence-electron chi connectivity index (χ1n) is 3.13. The third kappa shape index (κ3) is 4.26. The third-order valence-electron chi connectivity index (χ3n) is 1.02. The summed E-state index contributed by atoms with van der Waals surface area (Å²) in [5.74, 6) is -2.34. The second-order valence-electron chi connectivity index (χ2n) is 1.92. The lowest BCUT2D eigenvalue weighted by atomic mass is 10.2. The van der Waals surface area contributed by atoms with Gasteiger partial charge in [0.05, 0.1) is 6.42 Å². The Kier molecular flexibility index (Phi) is 4.43. The zero-order valence-electron chi connectivity index (χ0n) is 6.48. The average molecular weight is 175 g/mol. The van der Waals surface area contributed by atoms with E-state index in [1.54, 1.807) is 0 Å². The molecule has 0 aromatic carbocycles. The van der Waals surface area contributed by atoms with Crippen molar-refractivity contribution in [2.45, 2.75) is 12.8 Å². The van der Waals surface area contributed by atoms with Gasteiger partial charge in [0.25, 0.3) is 0 Å². The van der Waals surface area contributed by atoms with Crippen LogP contribution in [0.15, 0.2) is 5.16 Å². The maximum atomic E-state index is 10.3. The molecule has 2 N–H and O–H groups in total. The van der Waals surface area contributed by atoms with Gasteiger partial charge in [-0.25, -0.2) is 4.79 Å². The fraction of sp³-hybridized carbons (Fsp3) is 0.500. The molecule has 0 atom stereocenters. The van der Waals surface area contributed by atoms with Gasteiger partial charge in [-0.15, -0.1) is 0 Å². The van der Waals surface area contributed by atoms with Crippen LogP contribution in [0.2, 0.25) is 0 Å². The monoisotopic (exact) mass is 175 g/mol. The van der Waals surface area contributed by atoms with Gasteiger partial charge < -0.3 is 15.1 Å². The quantitative estimate of drug-likeness (QED) is 0.450. The lowest BCUT2D eigenvalue weighted by Crippen LogP contribution is -2.14. The molecule has 0 aliphatic carbocycles. The Labute approximate surface area is 68.4 Å². The molecule has 0 heterocycles. The van der Waals surface area contributed by atoms with Crippen LogP contribution in [0.3, 0.4) is 0 Å². The highest BCUT2D eigenvalue weighted by Gasteiger charge is 2.11. The van der Waals surface area contributed by atoms with E-state index >= 15 is 0 Å². The first kappa shape index (κ1) is 10.4. The van der Waals surface area contributed by atoms with E-state index < -0.39 is 11.9 Å². The lowest BCUT2D eigenvalue weighted by molar-refractivity contribution is -0.136. The van der Waals surface area contributed by atoms with Gasteiger partial charge in [0.2, 0.25) is 0 Å². The van der Waals surface area contributed by atoms with Crippen molar-refractivity contribution in [3.63, 3.8) is 0 Å². The predicted octanol–water partition coefficient (Wildman–Crippen LogP) is -0.0618. The number of hydrogen-bond acceptors (Lipinski definition) is 4. The maximum Gasteiger partial charge on any atom is 0.353 e. The highest BCUT2D eigenvalue weighted by atomic mass is 16.6. The normalized spacial score (nSPS) is 10.9. The van der Waals surface area contributed by atoms with Crippen LogP contribution in [-0.2, 0) is 14.4 Å². The van der Waals surface area contributed by atoms with E-state index in [1.807, 2.05) is 0 Å². The van der Waals surface area contributed by atoms with Crippen molar-refractivity contribution in [1.29, 1.82) is 0 Å². The van der Waals surface area contributed by atoms with Crippen molar-refractivity contribution in [3.8, 4) is 0 Å². The summed E-state index contributed by atoms with van der Waals surface area (Å²) in [6.07, 6.45) is -0.410. The van der Waals surface area contributed by atoms with Crippen molar-refractivity contribution in [1.82, 2.24) is 0 Å². The van der Waals surface area contributed by atoms with E-state index in [0.717, 1.165) is 0 Å². The molecule has 68 valence electrons. The van der Waals surface area contributed by atoms with Gasteiger partial charge >= 0.3 is 11.9 Å². The lowest BCUT2D eigenvalue weighted by Gasteiger charge is -1.96. The van der Waals surface area contributed by atoms with E-state index in [0.29, 0.717) is 0 Å². The first-order chi connectivity index (χ1) is 5.57. The average Bonchev–Trinajstić information content (AvgIpc) is 1.96. The van der Waals surface area contributed by atoms with Gasteiger partial charge in [0.15, 0.2) is 5.71 Å². The van der Waals surface area contributed by atoms with E-state index in [4.69, 9.17) is 10.2 Å². The molecule has 0 amide bonds. The number of oxime groups is 1. The summed E-state index contributed by atoms with van der Waals surface area (Å²) < 4.78 is 0. The van der Waals surface area contributed by atoms with Gasteiger partial charge in [0.1, 0.15) is 7.11 Å². The smallest absolute Gasteiger partial charge is 0.353 e. The molecule has 6 heteroatoms. The number of rotatable bonds is 5. The Balaban J connectivity index is 4.06. The van der Waals surface area contributed by atoms with Crippen molar-refractivity contribution in [2.75, 3.05) is 7.11 Å². The highest BCUT2D eigenvalue weighted by molar-refractivity contribution is 6.35. The van der Waals surface area contributed by atoms with Gasteiger partial charge in [-0.2, -0.15) is 0 Å². The minimum Gasteiger partial charge on any atom is -0.481 e. The Morgan fingerprint density at radius 1 is 1.33 bits per heavy atom. The van der Waals surface area contributed by atoms with Crippen LogP contribution in [0.25, 0.3) is 0 Å². The molecule has 0 aromatic rings. The van der Waals surface area contributed by atoms with Crippen LogP contribution in [0, 0.1) is 0 Å². The summed E-state index contributed by atoms with van der Waals surface area (Å²) in [5, 5.41) is 19.8. The van der Waals surface area contributed by atoms with Crippen molar-refractivity contribution >= 4 is 17.7 Å². The van der Waals surface area contributed by atoms with Crippen molar-refractivity contribution in [3.05, 3.63) is 0 Å². The molecule has 0 unspecified atom stereocenters. The van der Waals surface area contributed by atoms with Crippen LogP contribution in [0.1, 0.15) is 12.8 Å². The number of carbonyl (C=O) groups is 2. The first-order valence-corrected chi connectivity index (χ1v) is 3.13. The molecule has 0 saturated heterocycles. The van der Waals surface area contributed by atoms with E-state index in [-0.39, 0.29) is 18.6 Å². The topological polar surface area (TPSA) is 96.2 Å². The van der Waals surface area contributed by atoms with Gasteiger partial charge in [-0.1, -0.05) is 5.16 Å². The molecule has 0 aliphatic rings. The highest BCUT2D eigenvalue weighted by Crippen LogP contribution is 1.94. The number of carboxylic acid groups (broad SMARTS) is 2. The molecular weight excluding hydrogens is 166 g/mol. The van der Waals surface area contributed by atoms with Gasteiger partial charge in [-0.05, 0) is 0 Å². The molecule has 0 bridgehead atoms. The molecule has 0 spiro atoms. The Morgan fingerprint density at radius 3 is 2.25 bits per heavy atom. The predicted molar refractivity (Wildman–Crippen MR) is 38.9 cm³/mol. The van der Waals surface area contributed by atoms with E-state index in [9.17, 15) is 9.59 Å². The summed E-state index contributed by atoms with van der Waals surface area (Å²) in [6.45, 7) is 0. The molecule has 6 nitrogen and oxygen atoms in total. The fourth-order valence-corrected chi connectivity index (χ4v) is 0.527. The van der Waals surface area contributed by atoms with Crippen molar-refractivity contribution < 1.29 is 24.6 Å². The van der Waals surface area contributed by atoms with Crippen LogP contribution in [0.5, 0.6) is 0 Å². The molecule has 0 aromatic heterocycles. The van der Waals surface area contributed by atoms with Crippen LogP contribution in [0.4, 0.5) is 0 Å². The second-order valence-corrected chi connectivity index (χ2v) is 1.92. The van der Waals surface area contributed by atoms with Gasteiger partial charge in [0, 0.05) is 6.42 Å². The summed E-state index contributed by atoms with van der Waals surface area (Å²) in [6, 6.07) is 0. The fourth-order valence-electron chi connectivity index (χ4n) is 0.527. The molecular formula is C6H9NO5. The third-order valence-corrected chi connectivity index (χ3v) is 1.02. The zero-order valence-corrected chi connectivity index (χ0v) is 6.48. The second kappa shape index (κ2) is 5.11. The van der Waals surface area contributed by atoms with Crippen LogP contribution < -0.4 is 0 Å². The molecule has 12 heavy (non-hydrogen) atoms. The molecule has 0 saturated carbocycles. The molecule has 0 radical (unpaired) electrons. The van der Waals surface area contributed by atoms with E-state index in [2.05, 4.69) is 9.99 Å². The molecule has 0 fully saturated rings. The SMILES string of the molecule is CON=C(CCC(=O)O)C(=O)O. The molecule has 0 aliphatic heterocycles. The number of hydrogen-bond donors (Lipinski definition) is 2. The number of nitrogens with zero attached hydrogens (tertiary/aromatic N) is 1. The summed E-state index contributed by atoms with van der Waals surface area (Å²) in [5.41, 5.74) is -0.292. The van der Waals surface area contributed by atoms with Gasteiger partial charge in [-0.3, -0.25) is 4.79 Å². The Morgan fingerprint density at radius 2 is 1.92 bits per heavy atom. The maximum absolute atomic E-state index is 10.3. The van der Waals surface area contributed by atoms with Crippen LogP contribution >= 0.6 is 0 Å². The summed E-state index contributed by atoms with van der Waals surface area (Å²) in [4.78, 5) is 24.6. The van der Waals surface area contributed by atoms with Crippen molar-refractivity contribution in [2.24, 2.45) is 5.16 Å². The Bertz CT molecular complexity index is 210. The zero-order chi connectivity index (χ0) is 9.56.